The number of carbonyl (C=O) groups excluding carboxylic acids is 1. The number of sulfonamides is 1. The molecule has 1 aromatic rings. The van der Waals surface area contributed by atoms with Gasteiger partial charge in [-0.1, -0.05) is 19.9 Å². The molecular formula is C16H27N3O4S. The first-order valence-electron chi connectivity index (χ1n) is 7.98. The van der Waals surface area contributed by atoms with Gasteiger partial charge in [-0.05, 0) is 37.5 Å². The Morgan fingerprint density at radius 1 is 1.29 bits per heavy atom. The molecule has 0 aliphatic heterocycles. The SMILES string of the molecule is CC(C)CCOC(C)C(=O)Nc1cccc(S(=O)(=O)NCCN)c1. The van der Waals surface area contributed by atoms with E-state index in [4.69, 9.17) is 10.5 Å². The van der Waals surface area contributed by atoms with Crippen molar-refractivity contribution in [1.29, 1.82) is 0 Å². The minimum atomic E-state index is -3.64. The maximum Gasteiger partial charge on any atom is 0.253 e. The summed E-state index contributed by atoms with van der Waals surface area (Å²) < 4.78 is 32.0. The molecule has 1 amide bonds. The lowest BCUT2D eigenvalue weighted by atomic mass is 10.1. The largest absolute Gasteiger partial charge is 0.369 e. The van der Waals surface area contributed by atoms with Crippen LogP contribution in [0.3, 0.4) is 0 Å². The van der Waals surface area contributed by atoms with Crippen LogP contribution in [0, 0.1) is 5.92 Å². The van der Waals surface area contributed by atoms with Gasteiger partial charge in [-0.2, -0.15) is 0 Å². The molecule has 0 aromatic heterocycles. The molecule has 0 saturated carbocycles. The number of nitrogens with two attached hydrogens (primary N) is 1. The molecule has 0 saturated heterocycles. The summed E-state index contributed by atoms with van der Waals surface area (Å²) in [5, 5.41) is 2.67. The molecule has 0 spiro atoms. The highest BCUT2D eigenvalue weighted by Crippen LogP contribution is 2.16. The van der Waals surface area contributed by atoms with Crippen LogP contribution in [0.5, 0.6) is 0 Å². The molecule has 1 rings (SSSR count). The number of hydrogen-bond donors (Lipinski definition) is 3. The van der Waals surface area contributed by atoms with Gasteiger partial charge in [-0.15, -0.1) is 0 Å². The Bertz CT molecular complexity index is 632. The van der Waals surface area contributed by atoms with Crippen LogP contribution in [-0.4, -0.2) is 40.1 Å². The second-order valence-electron chi connectivity index (χ2n) is 5.90. The molecule has 0 heterocycles. The Morgan fingerprint density at radius 2 is 2.00 bits per heavy atom. The van der Waals surface area contributed by atoms with Crippen LogP contribution >= 0.6 is 0 Å². The molecule has 136 valence electrons. The van der Waals surface area contributed by atoms with Crippen molar-refractivity contribution in [1.82, 2.24) is 4.72 Å². The van der Waals surface area contributed by atoms with Crippen molar-refractivity contribution in [2.75, 3.05) is 25.0 Å². The number of hydrogen-bond acceptors (Lipinski definition) is 5. The fraction of sp³-hybridized carbons (Fsp3) is 0.562. The van der Waals surface area contributed by atoms with Crippen LogP contribution < -0.4 is 15.8 Å². The number of anilines is 1. The lowest BCUT2D eigenvalue weighted by molar-refractivity contribution is -0.126. The van der Waals surface area contributed by atoms with Crippen molar-refractivity contribution >= 4 is 21.6 Å². The molecule has 1 aromatic carbocycles. The standard InChI is InChI=1S/C16H27N3O4S/c1-12(2)7-10-23-13(3)16(20)19-14-5-4-6-15(11-14)24(21,22)18-9-8-17/h4-6,11-13,18H,7-10,17H2,1-3H3,(H,19,20). The van der Waals surface area contributed by atoms with E-state index in [1.807, 2.05) is 0 Å². The van der Waals surface area contributed by atoms with E-state index in [0.717, 1.165) is 6.42 Å². The number of benzene rings is 1. The number of amides is 1. The highest BCUT2D eigenvalue weighted by Gasteiger charge is 2.16. The van der Waals surface area contributed by atoms with Gasteiger partial charge in [0, 0.05) is 25.4 Å². The summed E-state index contributed by atoms with van der Waals surface area (Å²) in [6, 6.07) is 6.05. The van der Waals surface area contributed by atoms with Crippen molar-refractivity contribution in [3.05, 3.63) is 24.3 Å². The van der Waals surface area contributed by atoms with E-state index in [-0.39, 0.29) is 23.9 Å². The van der Waals surface area contributed by atoms with Crippen molar-refractivity contribution in [2.24, 2.45) is 11.7 Å². The molecule has 0 bridgehead atoms. The third kappa shape index (κ3) is 6.96. The van der Waals surface area contributed by atoms with E-state index in [9.17, 15) is 13.2 Å². The van der Waals surface area contributed by atoms with Crippen molar-refractivity contribution in [2.45, 2.75) is 38.2 Å². The van der Waals surface area contributed by atoms with Crippen molar-refractivity contribution < 1.29 is 17.9 Å². The van der Waals surface area contributed by atoms with E-state index in [1.165, 1.54) is 12.1 Å². The Balaban J connectivity index is 2.68. The maximum absolute atomic E-state index is 12.1. The van der Waals surface area contributed by atoms with E-state index < -0.39 is 16.1 Å². The Labute approximate surface area is 144 Å². The molecule has 7 nitrogen and oxygen atoms in total. The van der Waals surface area contributed by atoms with E-state index in [2.05, 4.69) is 23.9 Å². The molecule has 4 N–H and O–H groups in total. The van der Waals surface area contributed by atoms with Crippen LogP contribution in [0.4, 0.5) is 5.69 Å². The highest BCUT2D eigenvalue weighted by atomic mass is 32.2. The lowest BCUT2D eigenvalue weighted by Gasteiger charge is -2.15. The van der Waals surface area contributed by atoms with Crippen LogP contribution in [0.2, 0.25) is 0 Å². The molecule has 0 radical (unpaired) electrons. The smallest absolute Gasteiger partial charge is 0.253 e. The van der Waals surface area contributed by atoms with Gasteiger partial charge in [0.1, 0.15) is 6.10 Å². The summed E-state index contributed by atoms with van der Waals surface area (Å²) in [6.45, 7) is 6.70. The Morgan fingerprint density at radius 3 is 2.62 bits per heavy atom. The van der Waals surface area contributed by atoms with Gasteiger partial charge in [0.25, 0.3) is 5.91 Å². The van der Waals surface area contributed by atoms with Crippen molar-refractivity contribution in [3.63, 3.8) is 0 Å². The zero-order valence-electron chi connectivity index (χ0n) is 14.4. The molecule has 24 heavy (non-hydrogen) atoms. The lowest BCUT2D eigenvalue weighted by Crippen LogP contribution is -2.30. The van der Waals surface area contributed by atoms with Gasteiger partial charge in [0.2, 0.25) is 10.0 Å². The zero-order chi connectivity index (χ0) is 18.2. The van der Waals surface area contributed by atoms with Gasteiger partial charge >= 0.3 is 0 Å². The van der Waals surface area contributed by atoms with Crippen molar-refractivity contribution in [3.8, 4) is 0 Å². The summed E-state index contributed by atoms with van der Waals surface area (Å²) in [7, 11) is -3.64. The molecule has 0 aliphatic rings. The van der Waals surface area contributed by atoms with Gasteiger partial charge in [0.05, 0.1) is 4.90 Å². The topological polar surface area (TPSA) is 111 Å². The van der Waals surface area contributed by atoms with Gasteiger partial charge < -0.3 is 15.8 Å². The van der Waals surface area contributed by atoms with Gasteiger partial charge in [-0.3, -0.25) is 4.79 Å². The Hall–Kier alpha value is -1.48. The normalized spacial score (nSPS) is 13.0. The fourth-order valence-corrected chi connectivity index (χ4v) is 2.91. The predicted molar refractivity (Wildman–Crippen MR) is 94.2 cm³/mol. The van der Waals surface area contributed by atoms with Gasteiger partial charge in [0.15, 0.2) is 0 Å². The molecule has 0 fully saturated rings. The molecule has 1 unspecified atom stereocenters. The fourth-order valence-electron chi connectivity index (χ4n) is 1.82. The first-order valence-corrected chi connectivity index (χ1v) is 9.47. The predicted octanol–water partition coefficient (Wildman–Crippen LogP) is 1.31. The van der Waals surface area contributed by atoms with Crippen LogP contribution in [-0.2, 0) is 19.6 Å². The van der Waals surface area contributed by atoms with E-state index in [1.54, 1.807) is 19.1 Å². The van der Waals surface area contributed by atoms with Crippen LogP contribution in [0.1, 0.15) is 27.2 Å². The number of ether oxygens (including phenoxy) is 1. The van der Waals surface area contributed by atoms with E-state index in [0.29, 0.717) is 18.2 Å². The first kappa shape index (κ1) is 20.6. The number of rotatable bonds is 10. The monoisotopic (exact) mass is 357 g/mol. The molecular weight excluding hydrogens is 330 g/mol. The van der Waals surface area contributed by atoms with Crippen LogP contribution in [0.25, 0.3) is 0 Å². The number of nitrogens with one attached hydrogen (secondary N) is 2. The second-order valence-corrected chi connectivity index (χ2v) is 7.67. The summed E-state index contributed by atoms with van der Waals surface area (Å²) in [5.74, 6) is 0.186. The minimum Gasteiger partial charge on any atom is -0.369 e. The molecule has 8 heteroatoms. The molecule has 1 atom stereocenters. The summed E-state index contributed by atoms with van der Waals surface area (Å²) in [4.78, 5) is 12.2. The summed E-state index contributed by atoms with van der Waals surface area (Å²) in [5.41, 5.74) is 5.70. The average Bonchev–Trinajstić information content (AvgIpc) is 2.52. The molecule has 0 aliphatic carbocycles. The van der Waals surface area contributed by atoms with Crippen LogP contribution in [0.15, 0.2) is 29.2 Å². The highest BCUT2D eigenvalue weighted by molar-refractivity contribution is 7.89. The maximum atomic E-state index is 12.1. The zero-order valence-corrected chi connectivity index (χ0v) is 15.2. The van der Waals surface area contributed by atoms with E-state index >= 15 is 0 Å². The average molecular weight is 357 g/mol. The Kier molecular flexibility index (Phi) is 8.34. The third-order valence-electron chi connectivity index (χ3n) is 3.28. The second kappa shape index (κ2) is 9.73. The number of carbonyl (C=O) groups is 1. The summed E-state index contributed by atoms with van der Waals surface area (Å²) in [6.07, 6.45) is 0.261. The van der Waals surface area contributed by atoms with Gasteiger partial charge in [-0.25, -0.2) is 13.1 Å². The quantitative estimate of drug-likeness (QED) is 0.585. The summed E-state index contributed by atoms with van der Waals surface area (Å²) >= 11 is 0. The first-order chi connectivity index (χ1) is 11.3. The third-order valence-corrected chi connectivity index (χ3v) is 4.74. The minimum absolute atomic E-state index is 0.0714.